The zero-order valence-electron chi connectivity index (χ0n) is 10.1. The third-order valence-electron chi connectivity index (χ3n) is 2.62. The number of nitrogens with zero attached hydrogens (tertiary/aromatic N) is 2. The molecule has 0 unspecified atom stereocenters. The van der Waals surface area contributed by atoms with Crippen molar-refractivity contribution in [3.8, 4) is 0 Å². The molecule has 3 heteroatoms. The summed E-state index contributed by atoms with van der Waals surface area (Å²) in [6.45, 7) is 6.61. The molecule has 0 bridgehead atoms. The standard InChI is InChI=1S/C13H16N2S/c1-13(2,3)9-5-6-10(16-4)12-11(9)14-7-8-15-12/h5-8H,1-4H3. The Morgan fingerprint density at radius 2 is 1.62 bits per heavy atom. The van der Waals surface area contributed by atoms with Crippen LogP contribution in [0.4, 0.5) is 0 Å². The molecule has 2 aromatic rings. The van der Waals surface area contributed by atoms with E-state index in [9.17, 15) is 0 Å². The highest BCUT2D eigenvalue weighted by atomic mass is 32.2. The summed E-state index contributed by atoms with van der Waals surface area (Å²) in [5, 5.41) is 0. The van der Waals surface area contributed by atoms with Gasteiger partial charge in [-0.25, -0.2) is 0 Å². The van der Waals surface area contributed by atoms with Gasteiger partial charge in [0.25, 0.3) is 0 Å². The summed E-state index contributed by atoms with van der Waals surface area (Å²) < 4.78 is 0. The molecule has 0 aliphatic rings. The molecular weight excluding hydrogens is 216 g/mol. The SMILES string of the molecule is CSc1ccc(C(C)(C)C)c2nccnc12. The van der Waals surface area contributed by atoms with Gasteiger partial charge >= 0.3 is 0 Å². The van der Waals surface area contributed by atoms with Crippen molar-refractivity contribution in [1.29, 1.82) is 0 Å². The van der Waals surface area contributed by atoms with Crippen LogP contribution in [-0.4, -0.2) is 16.2 Å². The smallest absolute Gasteiger partial charge is 0.102 e. The fourth-order valence-electron chi connectivity index (χ4n) is 1.80. The average molecular weight is 232 g/mol. The van der Waals surface area contributed by atoms with E-state index in [-0.39, 0.29) is 5.41 Å². The van der Waals surface area contributed by atoms with E-state index in [4.69, 9.17) is 0 Å². The van der Waals surface area contributed by atoms with Crippen LogP contribution in [0, 0.1) is 0 Å². The number of aromatic nitrogens is 2. The van der Waals surface area contributed by atoms with Gasteiger partial charge in [0, 0.05) is 17.3 Å². The van der Waals surface area contributed by atoms with Crippen LogP contribution in [-0.2, 0) is 5.41 Å². The molecule has 0 saturated carbocycles. The lowest BCUT2D eigenvalue weighted by atomic mass is 9.86. The van der Waals surface area contributed by atoms with Crippen LogP contribution in [0.3, 0.4) is 0 Å². The van der Waals surface area contributed by atoms with Gasteiger partial charge in [-0.1, -0.05) is 26.8 Å². The van der Waals surface area contributed by atoms with Gasteiger partial charge in [0.05, 0.1) is 5.52 Å². The fourth-order valence-corrected chi connectivity index (χ4v) is 2.35. The molecule has 0 spiro atoms. The minimum atomic E-state index is 0.102. The second kappa shape index (κ2) is 4.06. The lowest BCUT2D eigenvalue weighted by Crippen LogP contribution is -2.12. The Kier molecular flexibility index (Phi) is 2.89. The van der Waals surface area contributed by atoms with E-state index in [1.165, 1.54) is 10.5 Å². The first-order valence-electron chi connectivity index (χ1n) is 5.32. The van der Waals surface area contributed by atoms with E-state index in [2.05, 4.69) is 49.1 Å². The minimum Gasteiger partial charge on any atom is -0.253 e. The van der Waals surface area contributed by atoms with E-state index in [0.29, 0.717) is 0 Å². The molecule has 0 saturated heterocycles. The lowest BCUT2D eigenvalue weighted by molar-refractivity contribution is 0.594. The molecule has 0 fully saturated rings. The van der Waals surface area contributed by atoms with Gasteiger partial charge in [-0.3, -0.25) is 9.97 Å². The molecule has 1 heterocycles. The van der Waals surface area contributed by atoms with Crippen LogP contribution in [0.25, 0.3) is 11.0 Å². The predicted molar refractivity (Wildman–Crippen MR) is 70.0 cm³/mol. The van der Waals surface area contributed by atoms with Crippen LogP contribution < -0.4 is 0 Å². The summed E-state index contributed by atoms with van der Waals surface area (Å²) >= 11 is 1.72. The Balaban J connectivity index is 2.80. The van der Waals surface area contributed by atoms with Crippen LogP contribution in [0.1, 0.15) is 26.3 Å². The van der Waals surface area contributed by atoms with Crippen molar-refractivity contribution in [3.63, 3.8) is 0 Å². The lowest BCUT2D eigenvalue weighted by Gasteiger charge is -2.20. The Morgan fingerprint density at radius 1 is 1.00 bits per heavy atom. The van der Waals surface area contributed by atoms with Crippen molar-refractivity contribution in [2.45, 2.75) is 31.1 Å². The van der Waals surface area contributed by atoms with E-state index < -0.39 is 0 Å². The average Bonchev–Trinajstić information content (AvgIpc) is 2.26. The highest BCUT2D eigenvalue weighted by molar-refractivity contribution is 7.98. The van der Waals surface area contributed by atoms with E-state index >= 15 is 0 Å². The Morgan fingerprint density at radius 3 is 2.19 bits per heavy atom. The number of fused-ring (bicyclic) bond motifs is 1. The largest absolute Gasteiger partial charge is 0.253 e. The summed E-state index contributed by atoms with van der Waals surface area (Å²) in [4.78, 5) is 10.1. The highest BCUT2D eigenvalue weighted by Gasteiger charge is 2.19. The van der Waals surface area contributed by atoms with Crippen molar-refractivity contribution < 1.29 is 0 Å². The molecule has 0 aliphatic heterocycles. The number of benzene rings is 1. The quantitative estimate of drug-likeness (QED) is 0.702. The molecule has 1 aromatic heterocycles. The van der Waals surface area contributed by atoms with E-state index in [0.717, 1.165) is 11.0 Å². The summed E-state index contributed by atoms with van der Waals surface area (Å²) in [6.07, 6.45) is 5.59. The third kappa shape index (κ3) is 1.92. The molecule has 16 heavy (non-hydrogen) atoms. The van der Waals surface area contributed by atoms with Crippen LogP contribution >= 0.6 is 11.8 Å². The zero-order chi connectivity index (χ0) is 11.8. The first-order valence-corrected chi connectivity index (χ1v) is 6.54. The molecule has 84 valence electrons. The first-order chi connectivity index (χ1) is 7.54. The van der Waals surface area contributed by atoms with Crippen molar-refractivity contribution >= 4 is 22.8 Å². The van der Waals surface area contributed by atoms with Gasteiger partial charge in [0.15, 0.2) is 0 Å². The third-order valence-corrected chi connectivity index (χ3v) is 3.39. The maximum atomic E-state index is 4.48. The summed E-state index contributed by atoms with van der Waals surface area (Å²) in [5.74, 6) is 0. The number of hydrogen-bond acceptors (Lipinski definition) is 3. The van der Waals surface area contributed by atoms with Gasteiger partial charge in [0.1, 0.15) is 5.52 Å². The van der Waals surface area contributed by atoms with Crippen molar-refractivity contribution in [1.82, 2.24) is 9.97 Å². The number of thioether (sulfide) groups is 1. The van der Waals surface area contributed by atoms with Gasteiger partial charge in [-0.2, -0.15) is 0 Å². The fraction of sp³-hybridized carbons (Fsp3) is 0.385. The van der Waals surface area contributed by atoms with Crippen molar-refractivity contribution in [2.24, 2.45) is 0 Å². The van der Waals surface area contributed by atoms with E-state index in [1.807, 2.05) is 0 Å². The molecule has 0 aliphatic carbocycles. The molecule has 0 atom stereocenters. The van der Waals surface area contributed by atoms with Gasteiger partial charge in [-0.15, -0.1) is 11.8 Å². The molecule has 0 N–H and O–H groups in total. The van der Waals surface area contributed by atoms with Crippen LogP contribution in [0.2, 0.25) is 0 Å². The topological polar surface area (TPSA) is 25.8 Å². The first kappa shape index (κ1) is 11.4. The van der Waals surface area contributed by atoms with E-state index in [1.54, 1.807) is 24.2 Å². The zero-order valence-corrected chi connectivity index (χ0v) is 10.9. The maximum Gasteiger partial charge on any atom is 0.102 e. The Labute approximate surface area is 101 Å². The van der Waals surface area contributed by atoms with Crippen LogP contribution in [0.15, 0.2) is 29.4 Å². The maximum absolute atomic E-state index is 4.48. The minimum absolute atomic E-state index is 0.102. The molecule has 1 aromatic carbocycles. The highest BCUT2D eigenvalue weighted by Crippen LogP contribution is 2.32. The Hall–Kier alpha value is -1.09. The molecule has 2 nitrogen and oxygen atoms in total. The molecule has 0 amide bonds. The summed E-state index contributed by atoms with van der Waals surface area (Å²) in [5.41, 5.74) is 3.41. The van der Waals surface area contributed by atoms with Gasteiger partial charge < -0.3 is 0 Å². The second-order valence-corrected chi connectivity index (χ2v) is 5.67. The van der Waals surface area contributed by atoms with Crippen molar-refractivity contribution in [3.05, 3.63) is 30.1 Å². The number of rotatable bonds is 1. The van der Waals surface area contributed by atoms with Gasteiger partial charge in [0.2, 0.25) is 0 Å². The molecular formula is C13H16N2S. The normalized spacial score (nSPS) is 12.0. The second-order valence-electron chi connectivity index (χ2n) is 4.82. The Bertz CT molecular complexity index is 515. The molecule has 0 radical (unpaired) electrons. The predicted octanol–water partition coefficient (Wildman–Crippen LogP) is 3.65. The summed E-state index contributed by atoms with van der Waals surface area (Å²) in [6, 6.07) is 4.31. The van der Waals surface area contributed by atoms with Crippen molar-refractivity contribution in [2.75, 3.05) is 6.26 Å². The molecule has 2 rings (SSSR count). The number of hydrogen-bond donors (Lipinski definition) is 0. The van der Waals surface area contributed by atoms with Gasteiger partial charge in [-0.05, 0) is 23.3 Å². The van der Waals surface area contributed by atoms with Crippen LogP contribution in [0.5, 0.6) is 0 Å². The summed E-state index contributed by atoms with van der Waals surface area (Å²) in [7, 11) is 0. The monoisotopic (exact) mass is 232 g/mol.